The number of hydrogen-bond donors (Lipinski definition) is 0. The predicted octanol–water partition coefficient (Wildman–Crippen LogP) is 4.61. The van der Waals surface area contributed by atoms with Crippen LogP contribution < -0.4 is 14.5 Å². The Morgan fingerprint density at radius 3 is 2.67 bits per heavy atom. The van der Waals surface area contributed by atoms with Gasteiger partial charge in [0.25, 0.3) is 5.91 Å². The van der Waals surface area contributed by atoms with E-state index in [1.807, 2.05) is 32.3 Å². The average Bonchev–Trinajstić information content (AvgIpc) is 3.01. The number of benzene rings is 2. The Kier molecular flexibility index (Phi) is 9.06. The quantitative estimate of drug-likeness (QED) is 0.309. The molecule has 1 aromatic heterocycles. The normalized spacial score (nSPS) is 20.7. The number of piperazine rings is 1. The molecule has 1 unspecified atom stereocenters. The van der Waals surface area contributed by atoms with Gasteiger partial charge >= 0.3 is 6.01 Å². The molecule has 46 heavy (non-hydrogen) atoms. The fourth-order valence-corrected chi connectivity index (χ4v) is 7.25. The summed E-state index contributed by atoms with van der Waals surface area (Å²) in [5, 5.41) is 12.3. The second kappa shape index (κ2) is 13.0. The molecule has 2 aromatic carbocycles. The summed E-state index contributed by atoms with van der Waals surface area (Å²) in [5.41, 5.74) is 2.74. The summed E-state index contributed by atoms with van der Waals surface area (Å²) >= 11 is 6.74. The Balaban J connectivity index is 1.37. The molecule has 3 aliphatic rings. The molecule has 12 heteroatoms. The van der Waals surface area contributed by atoms with Gasteiger partial charge in [-0.3, -0.25) is 4.79 Å². The lowest BCUT2D eigenvalue weighted by molar-refractivity contribution is -0.140. The number of nitrogens with zero attached hydrogens (tertiary/aromatic N) is 7. The van der Waals surface area contributed by atoms with Crippen molar-refractivity contribution in [2.45, 2.75) is 38.4 Å². The molecule has 2 saturated heterocycles. The second-order valence-corrected chi connectivity index (χ2v) is 13.3. The van der Waals surface area contributed by atoms with E-state index in [0.29, 0.717) is 50.9 Å². The highest BCUT2D eigenvalue weighted by molar-refractivity contribution is 6.36. The summed E-state index contributed by atoms with van der Waals surface area (Å²) < 4.78 is 25.8. The first kappa shape index (κ1) is 32.0. The van der Waals surface area contributed by atoms with Crippen LogP contribution in [-0.4, -0.2) is 97.9 Å². The lowest BCUT2D eigenvalue weighted by Gasteiger charge is -2.43. The highest BCUT2D eigenvalue weighted by Gasteiger charge is 2.41. The number of ether oxygens (including phenoxy) is 2. The van der Waals surface area contributed by atoms with E-state index in [4.69, 9.17) is 31.0 Å². The number of carbonyl (C=O) groups excluding carboxylic acids is 1. The molecule has 3 aromatic rings. The van der Waals surface area contributed by atoms with Crippen molar-refractivity contribution < 1.29 is 18.7 Å². The van der Waals surface area contributed by atoms with Crippen molar-refractivity contribution in [1.29, 1.82) is 5.26 Å². The van der Waals surface area contributed by atoms with Gasteiger partial charge in [0.2, 0.25) is 0 Å². The zero-order chi connectivity index (χ0) is 32.6. The lowest BCUT2D eigenvalue weighted by Crippen LogP contribution is -2.56. The van der Waals surface area contributed by atoms with Crippen LogP contribution in [0.1, 0.15) is 24.6 Å². The van der Waals surface area contributed by atoms with Gasteiger partial charge in [0.1, 0.15) is 12.4 Å². The van der Waals surface area contributed by atoms with Crippen molar-refractivity contribution in [1.82, 2.24) is 19.8 Å². The molecule has 10 nitrogen and oxygen atoms in total. The number of aromatic nitrogens is 2. The highest BCUT2D eigenvalue weighted by atomic mass is 35.5. The van der Waals surface area contributed by atoms with Crippen molar-refractivity contribution in [3.63, 3.8) is 0 Å². The number of fused-ring (bicyclic) bond motifs is 2. The summed E-state index contributed by atoms with van der Waals surface area (Å²) in [6.45, 7) is 9.27. The van der Waals surface area contributed by atoms with Gasteiger partial charge in [-0.05, 0) is 45.0 Å². The van der Waals surface area contributed by atoms with Crippen LogP contribution in [0.15, 0.2) is 48.8 Å². The number of carbonyl (C=O) groups is 1. The van der Waals surface area contributed by atoms with Crippen LogP contribution in [0.2, 0.25) is 5.02 Å². The Hall–Kier alpha value is -3.98. The fourth-order valence-electron chi connectivity index (χ4n) is 6.97. The predicted molar refractivity (Wildman–Crippen MR) is 176 cm³/mol. The van der Waals surface area contributed by atoms with Crippen molar-refractivity contribution in [2.75, 3.05) is 69.9 Å². The van der Waals surface area contributed by atoms with E-state index in [1.54, 1.807) is 0 Å². The molecule has 0 bridgehead atoms. The Morgan fingerprint density at radius 2 is 2.00 bits per heavy atom. The third kappa shape index (κ3) is 6.21. The minimum atomic E-state index is -1.03. The summed E-state index contributed by atoms with van der Waals surface area (Å²) in [6.07, 6.45) is 0.721. The molecule has 2 fully saturated rings. The van der Waals surface area contributed by atoms with Gasteiger partial charge < -0.3 is 29.1 Å². The van der Waals surface area contributed by atoms with E-state index in [9.17, 15) is 14.4 Å². The third-order valence-electron chi connectivity index (χ3n) is 9.12. The van der Waals surface area contributed by atoms with Gasteiger partial charge in [0, 0.05) is 48.9 Å². The topological polar surface area (TPSA) is 98.1 Å². The van der Waals surface area contributed by atoms with Gasteiger partial charge in [-0.1, -0.05) is 42.4 Å². The van der Waals surface area contributed by atoms with Crippen LogP contribution in [0.3, 0.4) is 0 Å². The van der Waals surface area contributed by atoms with E-state index in [0.717, 1.165) is 40.1 Å². The lowest BCUT2D eigenvalue weighted by atomic mass is 9.86. The molecule has 2 atom stereocenters. The maximum atomic E-state index is 13.9. The molecule has 0 saturated carbocycles. The number of nitriles is 1. The van der Waals surface area contributed by atoms with Crippen LogP contribution >= 0.6 is 11.6 Å². The minimum Gasteiger partial charge on any atom is -0.463 e. The molecule has 6 rings (SSSR count). The van der Waals surface area contributed by atoms with Crippen molar-refractivity contribution in [3.05, 3.63) is 65.1 Å². The maximum Gasteiger partial charge on any atom is 0.318 e. The summed E-state index contributed by atoms with van der Waals surface area (Å²) in [4.78, 5) is 30.5. The second-order valence-electron chi connectivity index (χ2n) is 12.9. The van der Waals surface area contributed by atoms with Gasteiger partial charge in [-0.25, -0.2) is 4.39 Å². The molecule has 0 radical (unpaired) electrons. The standard InChI is InChI=1S/C34H39ClFN7O3/c1-22-15-26-28(17-43(22)29-10-6-8-24-7-5-9-27(35)30(24)29)38-33(46-21-34(18-40(3)4)19-45-20-34)39-31(26)41-13-14-42(32(44)23(2)36)25(16-41)11-12-37/h5-10,22,25H,2,11,13-21H2,1,3-4H3/t22-,25?/m0/s1. The van der Waals surface area contributed by atoms with Crippen molar-refractivity contribution in [3.8, 4) is 12.1 Å². The van der Waals surface area contributed by atoms with E-state index in [-0.39, 0.29) is 30.4 Å². The maximum absolute atomic E-state index is 13.9. The van der Waals surface area contributed by atoms with Crippen LogP contribution in [-0.2, 0) is 22.5 Å². The molecule has 3 aliphatic heterocycles. The minimum absolute atomic E-state index is 0.0607. The molecule has 0 aliphatic carbocycles. The Labute approximate surface area is 273 Å². The SMILES string of the molecule is C=C(F)C(=O)N1CCN(c2nc(OCC3(CN(C)C)COC3)nc3c2C[C@H](C)N(c2cccc4cccc(Cl)c24)C3)CC1CC#N. The number of hydrogen-bond acceptors (Lipinski definition) is 9. The van der Waals surface area contributed by atoms with Gasteiger partial charge in [0.15, 0.2) is 5.83 Å². The zero-order valence-corrected chi connectivity index (χ0v) is 27.3. The van der Waals surface area contributed by atoms with Gasteiger partial charge in [0.05, 0.1) is 54.4 Å². The third-order valence-corrected chi connectivity index (χ3v) is 9.44. The van der Waals surface area contributed by atoms with Crippen molar-refractivity contribution >= 4 is 39.8 Å². The molecule has 1 amide bonds. The fraction of sp³-hybridized carbons (Fsp3) is 0.471. The van der Waals surface area contributed by atoms with Crippen LogP contribution in [0.4, 0.5) is 15.9 Å². The van der Waals surface area contributed by atoms with Gasteiger partial charge in [-0.15, -0.1) is 0 Å². The molecular weight excluding hydrogens is 609 g/mol. The first-order valence-electron chi connectivity index (χ1n) is 15.6. The summed E-state index contributed by atoms with van der Waals surface area (Å²) in [7, 11) is 4.06. The number of rotatable bonds is 9. The highest BCUT2D eigenvalue weighted by Crippen LogP contribution is 2.39. The smallest absolute Gasteiger partial charge is 0.318 e. The zero-order valence-electron chi connectivity index (χ0n) is 26.5. The van der Waals surface area contributed by atoms with E-state index >= 15 is 0 Å². The Bertz CT molecular complexity index is 1690. The number of anilines is 2. The van der Waals surface area contributed by atoms with E-state index < -0.39 is 17.8 Å². The first-order valence-corrected chi connectivity index (χ1v) is 15.9. The number of amides is 1. The molecule has 0 spiro atoms. The molecule has 0 N–H and O–H groups in total. The molecule has 242 valence electrons. The summed E-state index contributed by atoms with van der Waals surface area (Å²) in [6, 6.07) is 14.1. The van der Waals surface area contributed by atoms with Crippen LogP contribution in [0.5, 0.6) is 6.01 Å². The van der Waals surface area contributed by atoms with Crippen LogP contribution in [0, 0.1) is 16.7 Å². The van der Waals surface area contributed by atoms with E-state index in [1.165, 1.54) is 4.90 Å². The largest absolute Gasteiger partial charge is 0.463 e. The van der Waals surface area contributed by atoms with E-state index in [2.05, 4.69) is 52.5 Å². The van der Waals surface area contributed by atoms with Gasteiger partial charge in [-0.2, -0.15) is 15.2 Å². The first-order chi connectivity index (χ1) is 22.1. The molecular formula is C34H39ClFN7O3. The summed E-state index contributed by atoms with van der Waals surface area (Å²) in [5.74, 6) is -1.08. The van der Waals surface area contributed by atoms with Crippen LogP contribution in [0.25, 0.3) is 10.8 Å². The molecule has 4 heterocycles. The number of halogens is 2. The van der Waals surface area contributed by atoms with Crippen molar-refractivity contribution in [2.24, 2.45) is 5.41 Å². The Morgan fingerprint density at radius 1 is 1.24 bits per heavy atom. The monoisotopic (exact) mass is 647 g/mol. The average molecular weight is 648 g/mol.